The molecule has 0 saturated carbocycles. The van der Waals surface area contributed by atoms with Gasteiger partial charge in [0, 0.05) is 6.20 Å². The van der Waals surface area contributed by atoms with Crippen LogP contribution in [-0.4, -0.2) is 29.2 Å². The van der Waals surface area contributed by atoms with Crippen molar-refractivity contribution in [1.29, 1.82) is 0 Å². The van der Waals surface area contributed by atoms with Crippen LogP contribution in [0.1, 0.15) is 27.7 Å². The number of alkyl halides is 3. The van der Waals surface area contributed by atoms with Gasteiger partial charge in [-0.15, -0.1) is 11.3 Å². The minimum Gasteiger partial charge on any atom is -0.462 e. The summed E-state index contributed by atoms with van der Waals surface area (Å²) in [6, 6.07) is 3.80. The summed E-state index contributed by atoms with van der Waals surface area (Å²) in [5.74, 6) is -0.823. The summed E-state index contributed by atoms with van der Waals surface area (Å²) in [4.78, 5) is 27.8. The van der Waals surface area contributed by atoms with Gasteiger partial charge in [0.25, 0.3) is 0 Å². The van der Waals surface area contributed by atoms with Gasteiger partial charge < -0.3 is 10.1 Å². The molecule has 2 rings (SSSR count). The fourth-order valence-corrected chi connectivity index (χ4v) is 3.51. The number of rotatable bonds is 6. The number of thiophene rings is 1. The predicted octanol–water partition coefficient (Wildman–Crippen LogP) is 4.38. The van der Waals surface area contributed by atoms with Gasteiger partial charge in [0.1, 0.15) is 4.88 Å². The number of aryl methyl sites for hydroxylation is 1. The lowest BCUT2D eigenvalue weighted by molar-refractivity contribution is -0.137. The van der Waals surface area contributed by atoms with Crippen molar-refractivity contribution < 1.29 is 27.5 Å². The molecule has 2 aromatic rings. The third-order valence-corrected chi connectivity index (χ3v) is 5.13. The Bertz CT molecular complexity index is 789. The molecule has 1 amide bonds. The van der Waals surface area contributed by atoms with E-state index in [9.17, 15) is 22.8 Å². The van der Waals surface area contributed by atoms with Crippen molar-refractivity contribution in [3.05, 3.63) is 40.4 Å². The Morgan fingerprint density at radius 2 is 2.08 bits per heavy atom. The number of hydrogen-bond acceptors (Lipinski definition) is 6. The Balaban J connectivity index is 1.91. The molecule has 0 aliphatic carbocycles. The topological polar surface area (TPSA) is 68.3 Å². The van der Waals surface area contributed by atoms with Gasteiger partial charge in [0.2, 0.25) is 5.91 Å². The molecule has 0 atom stereocenters. The third-order valence-electron chi connectivity index (χ3n) is 3.06. The molecular formula is C16H15F3N2O3S2. The van der Waals surface area contributed by atoms with Crippen LogP contribution >= 0.6 is 23.1 Å². The zero-order valence-corrected chi connectivity index (χ0v) is 15.5. The first-order valence-corrected chi connectivity index (χ1v) is 9.24. The lowest BCUT2D eigenvalue weighted by Gasteiger charge is -2.06. The van der Waals surface area contributed by atoms with Crippen LogP contribution in [-0.2, 0) is 15.7 Å². The summed E-state index contributed by atoms with van der Waals surface area (Å²) >= 11 is 2.12. The minimum atomic E-state index is -4.44. The summed E-state index contributed by atoms with van der Waals surface area (Å²) in [5.41, 5.74) is -0.146. The van der Waals surface area contributed by atoms with Gasteiger partial charge in [-0.25, -0.2) is 9.78 Å². The van der Waals surface area contributed by atoms with Crippen LogP contribution in [0.25, 0.3) is 0 Å². The SMILES string of the molecule is CCOC(=O)c1sc(NC(=O)CSc2ccc(C(F)(F)F)cn2)cc1C. The van der Waals surface area contributed by atoms with Gasteiger partial charge >= 0.3 is 12.1 Å². The zero-order chi connectivity index (χ0) is 19.3. The first-order valence-electron chi connectivity index (χ1n) is 7.44. The number of halogens is 3. The second-order valence-corrected chi connectivity index (χ2v) is 7.11. The fourth-order valence-electron chi connectivity index (χ4n) is 1.89. The van der Waals surface area contributed by atoms with Crippen molar-refractivity contribution in [1.82, 2.24) is 4.98 Å². The molecule has 0 aliphatic heterocycles. The van der Waals surface area contributed by atoms with Crippen LogP contribution in [0.5, 0.6) is 0 Å². The number of pyridine rings is 1. The van der Waals surface area contributed by atoms with Crippen LogP contribution in [0.2, 0.25) is 0 Å². The molecule has 0 bridgehead atoms. The van der Waals surface area contributed by atoms with E-state index in [1.807, 2.05) is 0 Å². The standard InChI is InChI=1S/C16H15F3N2O3S2/c1-3-24-15(23)14-9(2)6-13(26-14)21-11(22)8-25-12-5-4-10(7-20-12)16(17,18)19/h4-7H,3,8H2,1-2H3,(H,21,22). The molecule has 26 heavy (non-hydrogen) atoms. The lowest BCUT2D eigenvalue weighted by Crippen LogP contribution is -2.13. The molecule has 0 spiro atoms. The largest absolute Gasteiger partial charge is 0.462 e. The number of carbonyl (C=O) groups excluding carboxylic acids is 2. The van der Waals surface area contributed by atoms with Crippen LogP contribution in [0.4, 0.5) is 18.2 Å². The highest BCUT2D eigenvalue weighted by Crippen LogP contribution is 2.30. The van der Waals surface area contributed by atoms with E-state index in [4.69, 9.17) is 4.74 Å². The summed E-state index contributed by atoms with van der Waals surface area (Å²) in [6.45, 7) is 3.70. The molecule has 0 radical (unpaired) electrons. The second kappa shape index (κ2) is 8.54. The first kappa shape index (κ1) is 20.2. The van der Waals surface area contributed by atoms with Crippen molar-refractivity contribution in [3.63, 3.8) is 0 Å². The van der Waals surface area contributed by atoms with Gasteiger partial charge in [-0.05, 0) is 37.6 Å². The summed E-state index contributed by atoms with van der Waals surface area (Å²) in [7, 11) is 0. The third kappa shape index (κ3) is 5.46. The Labute approximate surface area is 156 Å². The highest BCUT2D eigenvalue weighted by molar-refractivity contribution is 7.99. The molecule has 0 aromatic carbocycles. The first-order chi connectivity index (χ1) is 12.2. The average Bonchev–Trinajstić information content (AvgIpc) is 2.93. The fraction of sp³-hybridized carbons (Fsp3) is 0.312. The van der Waals surface area contributed by atoms with Crippen LogP contribution < -0.4 is 5.32 Å². The monoisotopic (exact) mass is 404 g/mol. The maximum Gasteiger partial charge on any atom is 0.417 e. The molecule has 10 heteroatoms. The Morgan fingerprint density at radius 3 is 2.65 bits per heavy atom. The van der Waals surface area contributed by atoms with E-state index in [2.05, 4.69) is 10.3 Å². The van der Waals surface area contributed by atoms with Gasteiger partial charge in [-0.2, -0.15) is 13.2 Å². The summed E-state index contributed by atoms with van der Waals surface area (Å²) < 4.78 is 42.4. The molecule has 0 aliphatic rings. The van der Waals surface area contributed by atoms with Gasteiger partial charge in [0.05, 0.1) is 28.0 Å². The normalized spacial score (nSPS) is 11.3. The van der Waals surface area contributed by atoms with Crippen molar-refractivity contribution >= 4 is 40.0 Å². The number of carbonyl (C=O) groups is 2. The molecule has 0 saturated heterocycles. The molecular weight excluding hydrogens is 389 g/mol. The van der Waals surface area contributed by atoms with Gasteiger partial charge in [0.15, 0.2) is 0 Å². The van der Waals surface area contributed by atoms with E-state index in [1.54, 1.807) is 19.9 Å². The lowest BCUT2D eigenvalue weighted by atomic mass is 10.3. The number of hydrogen-bond donors (Lipinski definition) is 1. The van der Waals surface area contributed by atoms with Crippen LogP contribution in [0, 0.1) is 6.92 Å². The molecule has 140 valence electrons. The maximum atomic E-state index is 12.5. The molecule has 0 unspecified atom stereocenters. The van der Waals surface area contributed by atoms with E-state index < -0.39 is 17.7 Å². The minimum absolute atomic E-state index is 0.0238. The Kier molecular flexibility index (Phi) is 6.65. The second-order valence-electron chi connectivity index (χ2n) is 5.06. The maximum absolute atomic E-state index is 12.5. The summed E-state index contributed by atoms with van der Waals surface area (Å²) in [5, 5.41) is 3.45. The van der Waals surface area contributed by atoms with Gasteiger partial charge in [-0.1, -0.05) is 11.8 Å². The van der Waals surface area contributed by atoms with Crippen molar-refractivity contribution in [3.8, 4) is 0 Å². The number of nitrogens with zero attached hydrogens (tertiary/aromatic N) is 1. The van der Waals surface area contributed by atoms with Gasteiger partial charge in [-0.3, -0.25) is 4.79 Å². The average molecular weight is 404 g/mol. The highest BCUT2D eigenvalue weighted by atomic mass is 32.2. The van der Waals surface area contributed by atoms with E-state index in [0.29, 0.717) is 20.5 Å². The zero-order valence-electron chi connectivity index (χ0n) is 13.8. The number of ether oxygens (including phenoxy) is 1. The predicted molar refractivity (Wildman–Crippen MR) is 93.6 cm³/mol. The molecule has 1 N–H and O–H groups in total. The number of amides is 1. The van der Waals surface area contributed by atoms with Crippen LogP contribution in [0.3, 0.4) is 0 Å². The van der Waals surface area contributed by atoms with Crippen molar-refractivity contribution in [2.24, 2.45) is 0 Å². The molecule has 5 nitrogen and oxygen atoms in total. The Morgan fingerprint density at radius 1 is 1.35 bits per heavy atom. The van der Waals surface area contributed by atoms with E-state index in [-0.39, 0.29) is 18.3 Å². The van der Waals surface area contributed by atoms with Crippen molar-refractivity contribution in [2.75, 3.05) is 17.7 Å². The molecule has 2 heterocycles. The Hall–Kier alpha value is -2.07. The molecule has 2 aromatic heterocycles. The number of thioether (sulfide) groups is 1. The smallest absolute Gasteiger partial charge is 0.417 e. The highest BCUT2D eigenvalue weighted by Gasteiger charge is 2.30. The van der Waals surface area contributed by atoms with E-state index in [0.717, 1.165) is 35.4 Å². The number of anilines is 1. The van der Waals surface area contributed by atoms with E-state index in [1.165, 1.54) is 6.07 Å². The number of esters is 1. The quantitative estimate of drug-likeness (QED) is 0.572. The number of nitrogens with one attached hydrogen (secondary N) is 1. The van der Waals surface area contributed by atoms with Crippen LogP contribution in [0.15, 0.2) is 29.4 Å². The van der Waals surface area contributed by atoms with E-state index >= 15 is 0 Å². The number of aromatic nitrogens is 1. The van der Waals surface area contributed by atoms with Crippen molar-refractivity contribution in [2.45, 2.75) is 25.0 Å². The summed E-state index contributed by atoms with van der Waals surface area (Å²) in [6.07, 6.45) is -3.71. The molecule has 0 fully saturated rings.